The van der Waals surface area contributed by atoms with Crippen LogP contribution in [0.25, 0.3) is 10.9 Å². The second-order valence-electron chi connectivity index (χ2n) is 8.36. The number of nitrogens with zero attached hydrogens (tertiary/aromatic N) is 3. The Morgan fingerprint density at radius 3 is 2.76 bits per heavy atom. The maximum Gasteiger partial charge on any atom is 0.255 e. The predicted molar refractivity (Wildman–Crippen MR) is 113 cm³/mol. The van der Waals surface area contributed by atoms with Crippen molar-refractivity contribution < 1.29 is 9.90 Å². The van der Waals surface area contributed by atoms with Crippen LogP contribution in [0, 0.1) is 11.3 Å². The van der Waals surface area contributed by atoms with Gasteiger partial charge in [-0.1, -0.05) is 25.4 Å². The standard InChI is InChI=1S/C22H25ClN4O2/c1-22(2,20(28)18-11-17(23)10-15-13-25-26-19(15)18)16-5-8-27(9-6-16)21(29)14-4-3-7-24-12-14/h3-4,7,10-13,16,20,28H,5-6,8-9H2,1-2H3,(H,25,26)/t20-/m1/s1. The minimum absolute atomic E-state index is 0.0175. The lowest BCUT2D eigenvalue weighted by Crippen LogP contribution is -2.43. The number of aliphatic hydroxyl groups excluding tert-OH is 1. The van der Waals surface area contributed by atoms with Gasteiger partial charge in [0.15, 0.2) is 0 Å². The highest BCUT2D eigenvalue weighted by atomic mass is 35.5. The van der Waals surface area contributed by atoms with Crippen molar-refractivity contribution in [2.75, 3.05) is 13.1 Å². The Balaban J connectivity index is 1.50. The van der Waals surface area contributed by atoms with Crippen molar-refractivity contribution in [3.05, 3.63) is 59.0 Å². The van der Waals surface area contributed by atoms with E-state index < -0.39 is 6.10 Å². The van der Waals surface area contributed by atoms with Crippen molar-refractivity contribution in [1.82, 2.24) is 20.1 Å². The Bertz CT molecular complexity index is 1010. The predicted octanol–water partition coefficient (Wildman–Crippen LogP) is 4.22. The average molecular weight is 413 g/mol. The molecule has 0 unspecified atom stereocenters. The Labute approximate surface area is 174 Å². The number of aromatic nitrogens is 3. The molecule has 1 aromatic carbocycles. The highest BCUT2D eigenvalue weighted by molar-refractivity contribution is 6.31. The summed E-state index contributed by atoms with van der Waals surface area (Å²) in [5, 5.41) is 19.8. The van der Waals surface area contributed by atoms with E-state index in [0.29, 0.717) is 23.7 Å². The lowest BCUT2D eigenvalue weighted by Gasteiger charge is -2.43. The number of hydrogen-bond donors (Lipinski definition) is 2. The summed E-state index contributed by atoms with van der Waals surface area (Å²) in [7, 11) is 0. The van der Waals surface area contributed by atoms with E-state index in [1.54, 1.807) is 30.7 Å². The van der Waals surface area contributed by atoms with Crippen LogP contribution in [0.5, 0.6) is 0 Å². The second-order valence-corrected chi connectivity index (χ2v) is 8.80. The van der Waals surface area contributed by atoms with Crippen LogP contribution in [0.2, 0.25) is 5.02 Å². The molecule has 152 valence electrons. The highest BCUT2D eigenvalue weighted by Crippen LogP contribution is 2.46. The number of piperidine rings is 1. The molecule has 1 amide bonds. The highest BCUT2D eigenvalue weighted by Gasteiger charge is 2.40. The molecule has 4 rings (SSSR count). The van der Waals surface area contributed by atoms with Crippen LogP contribution in [0.1, 0.15) is 48.7 Å². The molecule has 0 radical (unpaired) electrons. The maximum atomic E-state index is 12.7. The number of nitrogens with one attached hydrogen (secondary N) is 1. The molecule has 6 nitrogen and oxygen atoms in total. The number of carbonyl (C=O) groups is 1. The molecule has 1 atom stereocenters. The molecule has 2 aromatic heterocycles. The van der Waals surface area contributed by atoms with Gasteiger partial charge in [0.1, 0.15) is 0 Å². The van der Waals surface area contributed by atoms with Gasteiger partial charge < -0.3 is 10.0 Å². The van der Waals surface area contributed by atoms with E-state index in [0.717, 1.165) is 29.3 Å². The van der Waals surface area contributed by atoms with Crippen LogP contribution in [0.3, 0.4) is 0 Å². The molecule has 3 aromatic rings. The first-order chi connectivity index (χ1) is 13.9. The zero-order chi connectivity index (χ0) is 20.6. The smallest absolute Gasteiger partial charge is 0.255 e. The van der Waals surface area contributed by atoms with Gasteiger partial charge in [-0.05, 0) is 48.4 Å². The van der Waals surface area contributed by atoms with Gasteiger partial charge in [0, 0.05) is 41.5 Å². The molecule has 29 heavy (non-hydrogen) atoms. The molecule has 0 saturated carbocycles. The van der Waals surface area contributed by atoms with Crippen LogP contribution in [0.4, 0.5) is 0 Å². The zero-order valence-electron chi connectivity index (χ0n) is 16.6. The number of fused-ring (bicyclic) bond motifs is 1. The third-order valence-corrected chi connectivity index (χ3v) is 6.50. The number of aliphatic hydroxyl groups is 1. The zero-order valence-corrected chi connectivity index (χ0v) is 17.4. The Hall–Kier alpha value is -2.44. The summed E-state index contributed by atoms with van der Waals surface area (Å²) in [6.07, 6.45) is 5.96. The minimum atomic E-state index is -0.699. The van der Waals surface area contributed by atoms with Crippen molar-refractivity contribution >= 4 is 28.4 Å². The summed E-state index contributed by atoms with van der Waals surface area (Å²) >= 11 is 6.27. The van der Waals surface area contributed by atoms with Crippen molar-refractivity contribution in [3.63, 3.8) is 0 Å². The number of halogens is 1. The molecule has 0 spiro atoms. The van der Waals surface area contributed by atoms with E-state index >= 15 is 0 Å². The summed E-state index contributed by atoms with van der Waals surface area (Å²) in [5.41, 5.74) is 1.82. The first kappa shape index (κ1) is 19.9. The van der Waals surface area contributed by atoms with E-state index in [9.17, 15) is 9.90 Å². The average Bonchev–Trinajstić information content (AvgIpc) is 3.21. The number of amides is 1. The normalized spacial score (nSPS) is 16.9. The quantitative estimate of drug-likeness (QED) is 0.672. The fourth-order valence-corrected chi connectivity index (χ4v) is 4.62. The molecule has 1 fully saturated rings. The van der Waals surface area contributed by atoms with Crippen molar-refractivity contribution in [3.8, 4) is 0 Å². The van der Waals surface area contributed by atoms with Crippen molar-refractivity contribution in [2.45, 2.75) is 32.8 Å². The first-order valence-corrected chi connectivity index (χ1v) is 10.3. The van der Waals surface area contributed by atoms with Crippen molar-refractivity contribution in [1.29, 1.82) is 0 Å². The minimum Gasteiger partial charge on any atom is -0.388 e. The van der Waals surface area contributed by atoms with Gasteiger partial charge in [0.05, 0.1) is 23.4 Å². The third kappa shape index (κ3) is 3.74. The van der Waals surface area contributed by atoms with Crippen LogP contribution < -0.4 is 0 Å². The summed E-state index contributed by atoms with van der Waals surface area (Å²) in [4.78, 5) is 18.6. The molecule has 1 aliphatic heterocycles. The molecular formula is C22H25ClN4O2. The Kier molecular flexibility index (Phi) is 5.32. The number of rotatable bonds is 4. The first-order valence-electron chi connectivity index (χ1n) is 9.88. The van der Waals surface area contributed by atoms with Gasteiger partial charge in [-0.2, -0.15) is 5.10 Å². The summed E-state index contributed by atoms with van der Waals surface area (Å²) in [5.74, 6) is 0.288. The number of hydrogen-bond acceptors (Lipinski definition) is 4. The monoisotopic (exact) mass is 412 g/mol. The Morgan fingerprint density at radius 1 is 1.31 bits per heavy atom. The summed E-state index contributed by atoms with van der Waals surface area (Å²) in [6, 6.07) is 7.23. The number of pyridine rings is 1. The lowest BCUT2D eigenvalue weighted by atomic mass is 9.68. The number of likely N-dealkylation sites (tertiary alicyclic amines) is 1. The lowest BCUT2D eigenvalue weighted by molar-refractivity contribution is -0.0164. The maximum absolute atomic E-state index is 12.7. The van der Waals surface area contributed by atoms with E-state index in [1.807, 2.05) is 17.0 Å². The molecule has 0 bridgehead atoms. The van der Waals surface area contributed by atoms with E-state index in [2.05, 4.69) is 29.0 Å². The van der Waals surface area contributed by atoms with Gasteiger partial charge in [-0.25, -0.2) is 0 Å². The van der Waals surface area contributed by atoms with Crippen LogP contribution in [-0.2, 0) is 0 Å². The van der Waals surface area contributed by atoms with Gasteiger partial charge in [0.25, 0.3) is 5.91 Å². The van der Waals surface area contributed by atoms with Crippen LogP contribution in [-0.4, -0.2) is 44.2 Å². The molecule has 0 aliphatic carbocycles. The van der Waals surface area contributed by atoms with Crippen molar-refractivity contribution in [2.24, 2.45) is 11.3 Å². The molecule has 7 heteroatoms. The fourth-order valence-electron chi connectivity index (χ4n) is 4.39. The number of H-pyrrole nitrogens is 1. The number of benzene rings is 1. The molecule has 2 N–H and O–H groups in total. The van der Waals surface area contributed by atoms with Crippen LogP contribution in [0.15, 0.2) is 42.9 Å². The molecule has 1 aliphatic rings. The largest absolute Gasteiger partial charge is 0.388 e. The topological polar surface area (TPSA) is 82.1 Å². The van der Waals surface area contributed by atoms with Gasteiger partial charge in [0.2, 0.25) is 0 Å². The van der Waals surface area contributed by atoms with E-state index in [1.165, 1.54) is 0 Å². The fraction of sp³-hybridized carbons (Fsp3) is 0.409. The number of aromatic amines is 1. The van der Waals surface area contributed by atoms with Gasteiger partial charge in [-0.15, -0.1) is 0 Å². The number of carbonyl (C=O) groups excluding carboxylic acids is 1. The molecule has 3 heterocycles. The molecule has 1 saturated heterocycles. The SMILES string of the molecule is CC(C)(C1CCN(C(=O)c2cccnc2)CC1)[C@H](O)c1cc(Cl)cc2cn[nH]c12. The molecular weight excluding hydrogens is 388 g/mol. The van der Waals surface area contributed by atoms with E-state index in [-0.39, 0.29) is 17.2 Å². The summed E-state index contributed by atoms with van der Waals surface area (Å²) in [6.45, 7) is 5.52. The van der Waals surface area contributed by atoms with Gasteiger partial charge >= 0.3 is 0 Å². The second kappa shape index (κ2) is 7.76. The summed E-state index contributed by atoms with van der Waals surface area (Å²) < 4.78 is 0. The Morgan fingerprint density at radius 2 is 2.07 bits per heavy atom. The van der Waals surface area contributed by atoms with Crippen LogP contribution >= 0.6 is 11.6 Å². The third-order valence-electron chi connectivity index (χ3n) is 6.29. The van der Waals surface area contributed by atoms with Gasteiger partial charge in [-0.3, -0.25) is 14.9 Å². The van der Waals surface area contributed by atoms with E-state index in [4.69, 9.17) is 11.6 Å².